The second-order valence-electron chi connectivity index (χ2n) is 12.1. The third-order valence-electron chi connectivity index (χ3n) is 9.24. The van der Waals surface area contributed by atoms with Crippen LogP contribution in [0, 0.1) is 11.7 Å². The Kier molecular flexibility index (Phi) is 10.5. The summed E-state index contributed by atoms with van der Waals surface area (Å²) in [7, 11) is 6.12. The number of hydrogen-bond acceptors (Lipinski definition) is 9. The van der Waals surface area contributed by atoms with Gasteiger partial charge in [-0.05, 0) is 61.6 Å². The van der Waals surface area contributed by atoms with Crippen LogP contribution in [0.2, 0.25) is 0 Å². The van der Waals surface area contributed by atoms with E-state index >= 15 is 0 Å². The molecular weight excluding hydrogens is 641 g/mol. The number of fused-ring (bicyclic) bond motifs is 1. The first-order valence-electron chi connectivity index (χ1n) is 16.4. The summed E-state index contributed by atoms with van der Waals surface area (Å²) in [5, 5.41) is 6.36. The molecule has 0 bridgehead atoms. The van der Waals surface area contributed by atoms with Crippen LogP contribution in [0.25, 0.3) is 16.8 Å². The summed E-state index contributed by atoms with van der Waals surface area (Å²) < 4.78 is 37.2. The molecule has 6 rings (SSSR count). The molecule has 5 aromatic rings. The number of esters is 1. The maximum atomic E-state index is 13.9. The first kappa shape index (κ1) is 34.2. The Morgan fingerprint density at radius 2 is 1.64 bits per heavy atom. The summed E-state index contributed by atoms with van der Waals surface area (Å²) in [6.07, 6.45) is 6.77. The molecule has 0 unspecified atom stereocenters. The minimum Gasteiger partial charge on any atom is -0.497 e. The van der Waals surface area contributed by atoms with Crippen molar-refractivity contribution < 1.29 is 32.9 Å². The smallest absolute Gasteiger partial charge is 0.308 e. The number of anilines is 1. The van der Waals surface area contributed by atoms with Crippen LogP contribution in [0.1, 0.15) is 58.9 Å². The van der Waals surface area contributed by atoms with Gasteiger partial charge in [0.2, 0.25) is 0 Å². The van der Waals surface area contributed by atoms with E-state index in [-0.39, 0.29) is 29.9 Å². The SMILES string of the molecule is COc1ccc(CNc2nccn3c2c(-c2ccc(CNC(=O)c4cc(F)ccc4OC)cc2)nc3[C@H]2CC[C@H](C(=O)OC)CC2)c(OC)c1. The third kappa shape index (κ3) is 7.19. The van der Waals surface area contributed by atoms with E-state index in [1.54, 1.807) is 20.4 Å². The molecule has 11 nitrogen and oxygen atoms in total. The number of nitrogens with zero attached hydrogens (tertiary/aromatic N) is 3. The number of carbonyl (C=O) groups excluding carboxylic acids is 2. The van der Waals surface area contributed by atoms with E-state index in [1.165, 1.54) is 26.4 Å². The Bertz CT molecular complexity index is 1990. The Morgan fingerprint density at radius 1 is 0.880 bits per heavy atom. The van der Waals surface area contributed by atoms with E-state index in [0.29, 0.717) is 29.6 Å². The van der Waals surface area contributed by atoms with Gasteiger partial charge >= 0.3 is 5.97 Å². The molecule has 3 aromatic carbocycles. The van der Waals surface area contributed by atoms with Gasteiger partial charge in [0.05, 0.1) is 39.9 Å². The quantitative estimate of drug-likeness (QED) is 0.141. The van der Waals surface area contributed by atoms with E-state index < -0.39 is 11.7 Å². The molecule has 0 saturated heterocycles. The van der Waals surface area contributed by atoms with Crippen molar-refractivity contribution in [2.45, 2.75) is 44.7 Å². The van der Waals surface area contributed by atoms with E-state index in [4.69, 9.17) is 28.9 Å². The van der Waals surface area contributed by atoms with Crippen LogP contribution in [0.4, 0.5) is 10.2 Å². The molecule has 12 heteroatoms. The minimum atomic E-state index is -0.519. The van der Waals surface area contributed by atoms with Gasteiger partial charge in [0.15, 0.2) is 5.82 Å². The van der Waals surface area contributed by atoms with Crippen molar-refractivity contribution in [3.63, 3.8) is 0 Å². The highest BCUT2D eigenvalue weighted by Crippen LogP contribution is 2.39. The lowest BCUT2D eigenvalue weighted by molar-refractivity contribution is -0.146. The van der Waals surface area contributed by atoms with Crippen molar-refractivity contribution in [3.05, 3.63) is 101 Å². The number of carbonyl (C=O) groups is 2. The molecule has 2 heterocycles. The predicted octanol–water partition coefficient (Wildman–Crippen LogP) is 6.55. The minimum absolute atomic E-state index is 0.102. The van der Waals surface area contributed by atoms with Crippen LogP contribution >= 0.6 is 0 Å². The zero-order valence-electron chi connectivity index (χ0n) is 28.5. The van der Waals surface area contributed by atoms with E-state index in [1.807, 2.05) is 48.7 Å². The van der Waals surface area contributed by atoms with Crippen LogP contribution in [0.5, 0.6) is 17.2 Å². The number of hydrogen-bond donors (Lipinski definition) is 2. The standard InChI is InChI=1S/C38H40FN5O6/c1-47-29-15-13-27(32(20-29)49-3)22-41-35-34-33(43-36(44(34)18-17-40-35)25-9-11-26(12-10-25)38(46)50-4)24-7-5-23(6-8-24)21-42-37(45)30-19-28(39)14-16-31(30)48-2/h5-8,13-20,25-26H,9-12,21-22H2,1-4H3,(H,40,41)(H,42,45)/t25-,26-. The average molecular weight is 682 g/mol. The number of methoxy groups -OCH3 is 4. The molecular formula is C38H40FN5O6. The van der Waals surface area contributed by atoms with Crippen LogP contribution in [-0.4, -0.2) is 54.7 Å². The highest BCUT2D eigenvalue weighted by Gasteiger charge is 2.31. The molecule has 0 radical (unpaired) electrons. The summed E-state index contributed by atoms with van der Waals surface area (Å²) in [5.41, 5.74) is 4.36. The fourth-order valence-electron chi connectivity index (χ4n) is 6.53. The average Bonchev–Trinajstić information content (AvgIpc) is 3.56. The zero-order valence-corrected chi connectivity index (χ0v) is 28.5. The van der Waals surface area contributed by atoms with Crippen molar-refractivity contribution in [3.8, 4) is 28.5 Å². The molecule has 0 atom stereocenters. The number of rotatable bonds is 12. The van der Waals surface area contributed by atoms with Crippen molar-refractivity contribution >= 4 is 23.2 Å². The molecule has 1 aliphatic rings. The van der Waals surface area contributed by atoms with E-state index in [0.717, 1.165) is 65.5 Å². The van der Waals surface area contributed by atoms with Crippen LogP contribution in [0.15, 0.2) is 73.1 Å². The number of ether oxygens (including phenoxy) is 4. The van der Waals surface area contributed by atoms with Crippen LogP contribution in [-0.2, 0) is 22.6 Å². The Morgan fingerprint density at radius 3 is 2.34 bits per heavy atom. The Hall–Kier alpha value is -5.65. The monoisotopic (exact) mass is 681 g/mol. The third-order valence-corrected chi connectivity index (χ3v) is 9.24. The highest BCUT2D eigenvalue weighted by atomic mass is 19.1. The van der Waals surface area contributed by atoms with Gasteiger partial charge in [0.1, 0.15) is 40.1 Å². The van der Waals surface area contributed by atoms with Gasteiger partial charge in [-0.3, -0.25) is 14.0 Å². The maximum absolute atomic E-state index is 13.9. The number of aromatic nitrogens is 3. The van der Waals surface area contributed by atoms with Crippen LogP contribution in [0.3, 0.4) is 0 Å². The topological polar surface area (TPSA) is 125 Å². The summed E-state index contributed by atoms with van der Waals surface area (Å²) in [5.74, 6) is 2.18. The fourth-order valence-corrected chi connectivity index (χ4v) is 6.53. The van der Waals surface area contributed by atoms with Crippen molar-refractivity contribution in [1.82, 2.24) is 19.7 Å². The molecule has 2 aromatic heterocycles. The zero-order chi connectivity index (χ0) is 35.2. The fraction of sp³-hybridized carbons (Fsp3) is 0.316. The molecule has 0 aliphatic heterocycles. The van der Waals surface area contributed by atoms with Gasteiger partial charge in [-0.2, -0.15) is 0 Å². The molecule has 50 heavy (non-hydrogen) atoms. The molecule has 2 N–H and O–H groups in total. The predicted molar refractivity (Wildman–Crippen MR) is 186 cm³/mol. The van der Waals surface area contributed by atoms with Crippen molar-refractivity contribution in [1.29, 1.82) is 0 Å². The second kappa shape index (κ2) is 15.3. The van der Waals surface area contributed by atoms with Gasteiger partial charge in [-0.1, -0.05) is 24.3 Å². The molecule has 1 amide bonds. The van der Waals surface area contributed by atoms with Crippen molar-refractivity contribution in [2.75, 3.05) is 33.8 Å². The Labute approximate surface area is 289 Å². The summed E-state index contributed by atoms with van der Waals surface area (Å²) in [6, 6.07) is 17.3. The first-order chi connectivity index (χ1) is 24.3. The maximum Gasteiger partial charge on any atom is 0.308 e. The number of nitrogens with one attached hydrogen (secondary N) is 2. The number of benzene rings is 3. The van der Waals surface area contributed by atoms with Crippen molar-refractivity contribution in [2.24, 2.45) is 5.92 Å². The second-order valence-corrected chi connectivity index (χ2v) is 12.1. The summed E-state index contributed by atoms with van der Waals surface area (Å²) in [4.78, 5) is 35.1. The lowest BCUT2D eigenvalue weighted by atomic mass is 9.81. The van der Waals surface area contributed by atoms with E-state index in [9.17, 15) is 14.0 Å². The first-order valence-corrected chi connectivity index (χ1v) is 16.4. The molecule has 0 spiro atoms. The largest absolute Gasteiger partial charge is 0.497 e. The number of amides is 1. The van der Waals surface area contributed by atoms with Gasteiger partial charge in [-0.15, -0.1) is 0 Å². The van der Waals surface area contributed by atoms with Gasteiger partial charge < -0.3 is 29.6 Å². The highest BCUT2D eigenvalue weighted by molar-refractivity contribution is 5.97. The van der Waals surface area contributed by atoms with Gasteiger partial charge in [0.25, 0.3) is 5.91 Å². The normalized spacial score (nSPS) is 15.7. The lowest BCUT2D eigenvalue weighted by Gasteiger charge is -2.26. The molecule has 1 aliphatic carbocycles. The lowest BCUT2D eigenvalue weighted by Crippen LogP contribution is -2.23. The van der Waals surface area contributed by atoms with E-state index in [2.05, 4.69) is 15.0 Å². The van der Waals surface area contributed by atoms with Gasteiger partial charge in [-0.25, -0.2) is 14.4 Å². The van der Waals surface area contributed by atoms with Crippen LogP contribution < -0.4 is 24.8 Å². The Balaban J connectivity index is 1.30. The summed E-state index contributed by atoms with van der Waals surface area (Å²) in [6.45, 7) is 0.675. The van der Waals surface area contributed by atoms with Gasteiger partial charge in [0, 0.05) is 48.6 Å². The molecule has 1 fully saturated rings. The molecule has 260 valence electrons. The number of halogens is 1. The molecule has 1 saturated carbocycles. The summed E-state index contributed by atoms with van der Waals surface area (Å²) >= 11 is 0. The number of imidazole rings is 1.